The third-order valence-electron chi connectivity index (χ3n) is 3.35. The van der Waals surface area contributed by atoms with Crippen LogP contribution >= 0.6 is 0 Å². The van der Waals surface area contributed by atoms with Gasteiger partial charge in [0.1, 0.15) is 0 Å². The van der Waals surface area contributed by atoms with Gasteiger partial charge in [-0.1, -0.05) is 13.8 Å². The molecular weight excluding hydrogens is 190 g/mol. The Morgan fingerprint density at radius 1 is 1.20 bits per heavy atom. The van der Waals surface area contributed by atoms with E-state index >= 15 is 0 Å². The molecular formula is C12H25NO2. The van der Waals surface area contributed by atoms with Crippen molar-refractivity contribution >= 4 is 0 Å². The SMILES string of the molecule is CC(C)(CCO)CNC1CCC(O)CC1. The molecule has 0 amide bonds. The monoisotopic (exact) mass is 215 g/mol. The van der Waals surface area contributed by atoms with Crippen LogP contribution in [0.15, 0.2) is 0 Å². The fourth-order valence-corrected chi connectivity index (χ4v) is 2.09. The summed E-state index contributed by atoms with van der Waals surface area (Å²) in [5.74, 6) is 0. The number of nitrogens with one attached hydrogen (secondary N) is 1. The summed E-state index contributed by atoms with van der Waals surface area (Å²) in [6.45, 7) is 5.56. The molecule has 0 bridgehead atoms. The molecule has 1 aliphatic rings. The summed E-state index contributed by atoms with van der Waals surface area (Å²) in [5, 5.41) is 21.8. The molecule has 3 heteroatoms. The molecule has 0 aromatic heterocycles. The first-order valence-corrected chi connectivity index (χ1v) is 6.06. The molecule has 0 aromatic carbocycles. The van der Waals surface area contributed by atoms with Crippen molar-refractivity contribution in [2.75, 3.05) is 13.2 Å². The molecule has 0 atom stereocenters. The van der Waals surface area contributed by atoms with E-state index in [9.17, 15) is 5.11 Å². The van der Waals surface area contributed by atoms with E-state index in [-0.39, 0.29) is 18.1 Å². The fourth-order valence-electron chi connectivity index (χ4n) is 2.09. The standard InChI is InChI=1S/C12H25NO2/c1-12(2,7-8-14)9-13-10-3-5-11(15)6-4-10/h10-11,13-15H,3-9H2,1-2H3. The molecule has 1 fully saturated rings. The van der Waals surface area contributed by atoms with Gasteiger partial charge in [-0.3, -0.25) is 0 Å². The van der Waals surface area contributed by atoms with Gasteiger partial charge < -0.3 is 15.5 Å². The predicted octanol–water partition coefficient (Wildman–Crippen LogP) is 1.29. The van der Waals surface area contributed by atoms with Gasteiger partial charge in [-0.15, -0.1) is 0 Å². The molecule has 0 spiro atoms. The Hall–Kier alpha value is -0.120. The average molecular weight is 215 g/mol. The van der Waals surface area contributed by atoms with E-state index in [2.05, 4.69) is 19.2 Å². The summed E-state index contributed by atoms with van der Waals surface area (Å²) in [5.41, 5.74) is 0.171. The first-order valence-electron chi connectivity index (χ1n) is 6.06. The van der Waals surface area contributed by atoms with Crippen LogP contribution in [-0.2, 0) is 0 Å². The topological polar surface area (TPSA) is 52.5 Å². The van der Waals surface area contributed by atoms with E-state index in [0.29, 0.717) is 6.04 Å². The van der Waals surface area contributed by atoms with Crippen molar-refractivity contribution in [1.82, 2.24) is 5.32 Å². The molecule has 0 saturated heterocycles. The number of aliphatic hydroxyl groups is 2. The predicted molar refractivity (Wildman–Crippen MR) is 61.7 cm³/mol. The molecule has 1 rings (SSSR count). The smallest absolute Gasteiger partial charge is 0.0541 e. The van der Waals surface area contributed by atoms with Crippen LogP contribution in [0.4, 0.5) is 0 Å². The Bertz CT molecular complexity index is 174. The minimum Gasteiger partial charge on any atom is -0.396 e. The van der Waals surface area contributed by atoms with Crippen molar-refractivity contribution in [3.63, 3.8) is 0 Å². The zero-order valence-corrected chi connectivity index (χ0v) is 10.00. The minimum absolute atomic E-state index is 0.0755. The molecule has 0 aromatic rings. The lowest BCUT2D eigenvalue weighted by Gasteiger charge is -2.31. The van der Waals surface area contributed by atoms with Crippen molar-refractivity contribution in [2.45, 2.75) is 58.1 Å². The van der Waals surface area contributed by atoms with E-state index in [0.717, 1.165) is 38.6 Å². The van der Waals surface area contributed by atoms with Gasteiger partial charge >= 0.3 is 0 Å². The summed E-state index contributed by atoms with van der Waals surface area (Å²) in [7, 11) is 0. The molecule has 3 N–H and O–H groups in total. The third kappa shape index (κ3) is 4.96. The third-order valence-corrected chi connectivity index (χ3v) is 3.35. The van der Waals surface area contributed by atoms with Gasteiger partial charge in [0.15, 0.2) is 0 Å². The Morgan fingerprint density at radius 3 is 2.33 bits per heavy atom. The van der Waals surface area contributed by atoms with Gasteiger partial charge in [0.25, 0.3) is 0 Å². The molecule has 0 radical (unpaired) electrons. The zero-order valence-electron chi connectivity index (χ0n) is 10.00. The molecule has 15 heavy (non-hydrogen) atoms. The van der Waals surface area contributed by atoms with Crippen LogP contribution < -0.4 is 5.32 Å². The van der Waals surface area contributed by atoms with Crippen LogP contribution in [0.1, 0.15) is 46.0 Å². The highest BCUT2D eigenvalue weighted by Crippen LogP contribution is 2.22. The number of hydrogen-bond donors (Lipinski definition) is 3. The van der Waals surface area contributed by atoms with Crippen LogP contribution in [0.3, 0.4) is 0 Å². The Labute approximate surface area is 92.9 Å². The Morgan fingerprint density at radius 2 is 1.80 bits per heavy atom. The van der Waals surface area contributed by atoms with Crippen molar-refractivity contribution < 1.29 is 10.2 Å². The quantitative estimate of drug-likeness (QED) is 0.648. The van der Waals surface area contributed by atoms with Crippen molar-refractivity contribution in [2.24, 2.45) is 5.41 Å². The highest BCUT2D eigenvalue weighted by atomic mass is 16.3. The number of hydrogen-bond acceptors (Lipinski definition) is 3. The lowest BCUT2D eigenvalue weighted by Crippen LogP contribution is -2.40. The average Bonchev–Trinajstić information content (AvgIpc) is 2.17. The van der Waals surface area contributed by atoms with Crippen molar-refractivity contribution in [3.05, 3.63) is 0 Å². The highest BCUT2D eigenvalue weighted by Gasteiger charge is 2.22. The number of rotatable bonds is 5. The summed E-state index contributed by atoms with van der Waals surface area (Å²) < 4.78 is 0. The largest absolute Gasteiger partial charge is 0.396 e. The number of aliphatic hydroxyl groups excluding tert-OH is 2. The summed E-state index contributed by atoms with van der Waals surface area (Å²) in [6.07, 6.45) is 4.78. The second kappa shape index (κ2) is 5.83. The van der Waals surface area contributed by atoms with Crippen LogP contribution in [0.5, 0.6) is 0 Å². The Kier molecular flexibility index (Phi) is 5.03. The van der Waals surface area contributed by atoms with E-state index < -0.39 is 0 Å². The molecule has 0 aliphatic heterocycles. The van der Waals surface area contributed by atoms with Gasteiger partial charge in [-0.25, -0.2) is 0 Å². The van der Waals surface area contributed by atoms with Gasteiger partial charge in [0.05, 0.1) is 6.10 Å². The molecule has 90 valence electrons. The second-order valence-electron chi connectivity index (χ2n) is 5.52. The van der Waals surface area contributed by atoms with Crippen LogP contribution in [0.2, 0.25) is 0 Å². The van der Waals surface area contributed by atoms with E-state index in [1.54, 1.807) is 0 Å². The Balaban J connectivity index is 2.19. The van der Waals surface area contributed by atoms with Crippen LogP contribution in [-0.4, -0.2) is 35.5 Å². The molecule has 3 nitrogen and oxygen atoms in total. The van der Waals surface area contributed by atoms with E-state index in [1.807, 2.05) is 0 Å². The maximum atomic E-state index is 9.38. The molecule has 0 unspecified atom stereocenters. The minimum atomic E-state index is -0.0755. The van der Waals surface area contributed by atoms with Crippen molar-refractivity contribution in [1.29, 1.82) is 0 Å². The first-order chi connectivity index (χ1) is 7.03. The maximum absolute atomic E-state index is 9.38. The fraction of sp³-hybridized carbons (Fsp3) is 1.00. The maximum Gasteiger partial charge on any atom is 0.0541 e. The van der Waals surface area contributed by atoms with Gasteiger partial charge in [0.2, 0.25) is 0 Å². The first kappa shape index (κ1) is 12.9. The van der Waals surface area contributed by atoms with E-state index in [1.165, 1.54) is 0 Å². The van der Waals surface area contributed by atoms with E-state index in [4.69, 9.17) is 5.11 Å². The normalized spacial score (nSPS) is 28.0. The van der Waals surface area contributed by atoms with Gasteiger partial charge in [-0.05, 0) is 37.5 Å². The lowest BCUT2D eigenvalue weighted by atomic mass is 9.87. The lowest BCUT2D eigenvalue weighted by molar-refractivity contribution is 0.112. The summed E-state index contributed by atoms with van der Waals surface area (Å²) in [6, 6.07) is 0.561. The van der Waals surface area contributed by atoms with Crippen molar-refractivity contribution in [3.8, 4) is 0 Å². The molecule has 0 heterocycles. The molecule has 1 aliphatic carbocycles. The zero-order chi connectivity index (χ0) is 11.3. The summed E-state index contributed by atoms with van der Waals surface area (Å²) >= 11 is 0. The highest BCUT2D eigenvalue weighted by molar-refractivity contribution is 4.80. The second-order valence-corrected chi connectivity index (χ2v) is 5.52. The summed E-state index contributed by atoms with van der Waals surface area (Å²) in [4.78, 5) is 0. The van der Waals surface area contributed by atoms with Gasteiger partial charge in [-0.2, -0.15) is 0 Å². The van der Waals surface area contributed by atoms with Gasteiger partial charge in [0, 0.05) is 19.2 Å². The van der Waals surface area contributed by atoms with Crippen LogP contribution in [0.25, 0.3) is 0 Å². The van der Waals surface area contributed by atoms with Crippen LogP contribution in [0, 0.1) is 5.41 Å². The molecule has 1 saturated carbocycles.